The maximum Gasteiger partial charge on any atom is 0.193 e. The molecule has 0 aliphatic rings. The number of rotatable bonds is 2. The minimum Gasteiger partial charge on any atom is -0.231 e. The van der Waals surface area contributed by atoms with Crippen LogP contribution >= 0.6 is 11.8 Å². The van der Waals surface area contributed by atoms with Crippen LogP contribution < -0.4 is 0 Å². The fourth-order valence-electron chi connectivity index (χ4n) is 1.24. The lowest BCUT2D eigenvalue weighted by molar-refractivity contribution is 0.952. The van der Waals surface area contributed by atoms with E-state index in [1.807, 2.05) is 31.2 Å². The van der Waals surface area contributed by atoms with Gasteiger partial charge >= 0.3 is 0 Å². The zero-order chi connectivity index (χ0) is 11.4. The first-order valence-corrected chi connectivity index (χ1v) is 5.57. The Labute approximate surface area is 98.2 Å². The first kappa shape index (κ1) is 10.7. The summed E-state index contributed by atoms with van der Waals surface area (Å²) in [5.41, 5.74) is 1.59. The van der Waals surface area contributed by atoms with Crippen LogP contribution in [0, 0.1) is 18.3 Å². The molecule has 0 unspecified atom stereocenters. The second kappa shape index (κ2) is 4.77. The van der Waals surface area contributed by atoms with Gasteiger partial charge in [0.25, 0.3) is 0 Å². The van der Waals surface area contributed by atoms with Gasteiger partial charge in [-0.25, -0.2) is 9.97 Å². The molecule has 0 saturated heterocycles. The molecule has 1 aromatic heterocycles. The molecule has 2 rings (SSSR count). The predicted octanol–water partition coefficient (Wildman–Crippen LogP) is 2.81. The average Bonchev–Trinajstić information content (AvgIpc) is 2.29. The van der Waals surface area contributed by atoms with Crippen LogP contribution in [0.1, 0.15) is 11.3 Å². The van der Waals surface area contributed by atoms with Gasteiger partial charge in [-0.05, 0) is 36.9 Å². The summed E-state index contributed by atoms with van der Waals surface area (Å²) in [5.74, 6) is 0. The lowest BCUT2D eigenvalue weighted by Crippen LogP contribution is -1.88. The van der Waals surface area contributed by atoms with Crippen LogP contribution in [0.3, 0.4) is 0 Å². The molecule has 16 heavy (non-hydrogen) atoms. The lowest BCUT2D eigenvalue weighted by Gasteiger charge is -2.00. The van der Waals surface area contributed by atoms with Crippen molar-refractivity contribution in [2.24, 2.45) is 0 Å². The smallest absolute Gasteiger partial charge is 0.193 e. The van der Waals surface area contributed by atoms with E-state index in [1.165, 1.54) is 17.3 Å². The van der Waals surface area contributed by atoms with Crippen molar-refractivity contribution in [3.8, 4) is 6.07 Å². The van der Waals surface area contributed by atoms with Gasteiger partial charge in [0.2, 0.25) is 0 Å². The van der Waals surface area contributed by atoms with Crippen molar-refractivity contribution < 1.29 is 0 Å². The number of nitrogens with zero attached hydrogens (tertiary/aromatic N) is 3. The summed E-state index contributed by atoms with van der Waals surface area (Å²) >= 11 is 1.46. The highest BCUT2D eigenvalue weighted by molar-refractivity contribution is 7.99. The van der Waals surface area contributed by atoms with Gasteiger partial charge in [-0.1, -0.05) is 17.7 Å². The van der Waals surface area contributed by atoms with E-state index in [4.69, 9.17) is 5.26 Å². The maximum absolute atomic E-state index is 8.72. The Morgan fingerprint density at radius 2 is 2.19 bits per heavy atom. The first-order valence-electron chi connectivity index (χ1n) is 4.75. The van der Waals surface area contributed by atoms with Crippen LogP contribution in [0.5, 0.6) is 0 Å². The van der Waals surface area contributed by atoms with Gasteiger partial charge in [-0.2, -0.15) is 5.26 Å². The molecule has 0 aliphatic carbocycles. The van der Waals surface area contributed by atoms with Gasteiger partial charge < -0.3 is 0 Å². The van der Waals surface area contributed by atoms with E-state index in [9.17, 15) is 0 Å². The van der Waals surface area contributed by atoms with Gasteiger partial charge in [0.1, 0.15) is 11.8 Å². The monoisotopic (exact) mass is 227 g/mol. The molecule has 78 valence electrons. The summed E-state index contributed by atoms with van der Waals surface area (Å²) in [6.07, 6.45) is 1.60. The van der Waals surface area contributed by atoms with E-state index >= 15 is 0 Å². The molecule has 2 aromatic rings. The number of aryl methyl sites for hydroxylation is 1. The summed E-state index contributed by atoms with van der Waals surface area (Å²) < 4.78 is 0. The van der Waals surface area contributed by atoms with E-state index in [2.05, 4.69) is 16.0 Å². The van der Waals surface area contributed by atoms with Crippen molar-refractivity contribution in [2.45, 2.75) is 17.0 Å². The fourth-order valence-corrected chi connectivity index (χ4v) is 2.10. The predicted molar refractivity (Wildman–Crippen MR) is 62.0 cm³/mol. The normalized spacial score (nSPS) is 9.75. The third kappa shape index (κ3) is 2.59. The Morgan fingerprint density at radius 3 is 2.94 bits per heavy atom. The lowest BCUT2D eigenvalue weighted by atomic mass is 10.2. The minimum atomic E-state index is 0.394. The van der Waals surface area contributed by atoms with Gasteiger partial charge in [0.15, 0.2) is 5.16 Å². The quantitative estimate of drug-likeness (QED) is 0.740. The standard InChI is InChI=1S/C12H9N3S/c1-9-3-2-4-11(7-9)16-12-14-6-5-10(8-13)15-12/h2-7H,1H3. The van der Waals surface area contributed by atoms with Crippen molar-refractivity contribution in [3.63, 3.8) is 0 Å². The highest BCUT2D eigenvalue weighted by atomic mass is 32.2. The van der Waals surface area contributed by atoms with Crippen molar-refractivity contribution in [2.75, 3.05) is 0 Å². The molecular weight excluding hydrogens is 218 g/mol. The third-order valence-corrected chi connectivity index (χ3v) is 2.82. The molecule has 0 amide bonds. The van der Waals surface area contributed by atoms with Gasteiger partial charge in [0.05, 0.1) is 0 Å². The molecule has 3 nitrogen and oxygen atoms in total. The van der Waals surface area contributed by atoms with E-state index < -0.39 is 0 Å². The second-order valence-electron chi connectivity index (χ2n) is 3.25. The van der Waals surface area contributed by atoms with E-state index in [0.717, 1.165) is 4.90 Å². The van der Waals surface area contributed by atoms with Crippen molar-refractivity contribution in [3.05, 3.63) is 47.8 Å². The summed E-state index contributed by atoms with van der Waals surface area (Å²) in [4.78, 5) is 9.30. The molecular formula is C12H9N3S. The third-order valence-electron chi connectivity index (χ3n) is 1.95. The number of hydrogen-bond donors (Lipinski definition) is 0. The minimum absolute atomic E-state index is 0.394. The van der Waals surface area contributed by atoms with Crippen molar-refractivity contribution >= 4 is 11.8 Å². The molecule has 0 fully saturated rings. The molecule has 0 atom stereocenters. The summed E-state index contributed by atoms with van der Waals surface area (Å²) in [5, 5.41) is 9.32. The van der Waals surface area contributed by atoms with Gasteiger partial charge in [0, 0.05) is 11.1 Å². The average molecular weight is 227 g/mol. The number of aromatic nitrogens is 2. The molecule has 0 bridgehead atoms. The molecule has 0 N–H and O–H groups in total. The van der Waals surface area contributed by atoms with Crippen LogP contribution in [0.4, 0.5) is 0 Å². The number of nitriles is 1. The van der Waals surface area contributed by atoms with Crippen LogP contribution in [0.25, 0.3) is 0 Å². The van der Waals surface area contributed by atoms with Crippen LogP contribution in [0.2, 0.25) is 0 Å². The maximum atomic E-state index is 8.72. The Hall–Kier alpha value is -1.86. The summed E-state index contributed by atoms with van der Waals surface area (Å²) in [7, 11) is 0. The molecule has 0 saturated carbocycles. The number of benzene rings is 1. The second-order valence-corrected chi connectivity index (χ2v) is 4.30. The first-order chi connectivity index (χ1) is 7.78. The Bertz CT molecular complexity index is 546. The largest absolute Gasteiger partial charge is 0.231 e. The molecule has 0 aliphatic heterocycles. The van der Waals surface area contributed by atoms with Gasteiger partial charge in [-0.15, -0.1) is 0 Å². The molecule has 4 heteroatoms. The van der Waals surface area contributed by atoms with E-state index in [-0.39, 0.29) is 0 Å². The van der Waals surface area contributed by atoms with Gasteiger partial charge in [-0.3, -0.25) is 0 Å². The Kier molecular flexibility index (Phi) is 3.18. The fraction of sp³-hybridized carbons (Fsp3) is 0.0833. The van der Waals surface area contributed by atoms with Crippen LogP contribution in [-0.2, 0) is 0 Å². The SMILES string of the molecule is Cc1cccc(Sc2nccc(C#N)n2)c1. The van der Waals surface area contributed by atoms with Crippen LogP contribution in [0.15, 0.2) is 46.6 Å². The topological polar surface area (TPSA) is 49.6 Å². The molecule has 1 aromatic carbocycles. The summed E-state index contributed by atoms with van der Waals surface area (Å²) in [6.45, 7) is 2.04. The zero-order valence-electron chi connectivity index (χ0n) is 8.71. The molecule has 1 heterocycles. The highest BCUT2D eigenvalue weighted by Crippen LogP contribution is 2.24. The van der Waals surface area contributed by atoms with E-state index in [1.54, 1.807) is 12.3 Å². The zero-order valence-corrected chi connectivity index (χ0v) is 9.53. The summed E-state index contributed by atoms with van der Waals surface area (Å²) in [6, 6.07) is 11.7. The van der Waals surface area contributed by atoms with Crippen LogP contribution in [-0.4, -0.2) is 9.97 Å². The Morgan fingerprint density at radius 1 is 1.31 bits per heavy atom. The number of hydrogen-bond acceptors (Lipinski definition) is 4. The van der Waals surface area contributed by atoms with Crippen molar-refractivity contribution in [1.82, 2.24) is 9.97 Å². The molecule has 0 spiro atoms. The Balaban J connectivity index is 2.24. The molecule has 0 radical (unpaired) electrons. The highest BCUT2D eigenvalue weighted by Gasteiger charge is 2.01. The van der Waals surface area contributed by atoms with Crippen molar-refractivity contribution in [1.29, 1.82) is 5.26 Å². The van der Waals surface area contributed by atoms with E-state index in [0.29, 0.717) is 10.9 Å².